The van der Waals surface area contributed by atoms with E-state index in [9.17, 15) is 0 Å². The Balaban J connectivity index is 1.73. The van der Waals surface area contributed by atoms with Crippen LogP contribution in [0.4, 0.5) is 5.82 Å². The molecule has 4 nitrogen and oxygen atoms in total. The van der Waals surface area contributed by atoms with Gasteiger partial charge >= 0.3 is 0 Å². The number of hydrogen-bond acceptors (Lipinski definition) is 4. The largest absolute Gasteiger partial charge is 0.354 e. The van der Waals surface area contributed by atoms with E-state index in [1.165, 1.54) is 32.4 Å². The highest BCUT2D eigenvalue weighted by atomic mass is 35.5. The van der Waals surface area contributed by atoms with Gasteiger partial charge in [0.2, 0.25) is 0 Å². The van der Waals surface area contributed by atoms with Gasteiger partial charge in [0, 0.05) is 38.4 Å². The zero-order chi connectivity index (χ0) is 14.7. The minimum absolute atomic E-state index is 0.687. The van der Waals surface area contributed by atoms with E-state index in [1.807, 2.05) is 6.20 Å². The van der Waals surface area contributed by atoms with Crippen LogP contribution >= 0.6 is 11.6 Å². The van der Waals surface area contributed by atoms with Crippen LogP contribution in [0.25, 0.3) is 0 Å². The molecule has 21 heavy (non-hydrogen) atoms. The van der Waals surface area contributed by atoms with Crippen LogP contribution < -0.4 is 10.2 Å². The number of halogens is 1. The number of hydrogen-bond donors (Lipinski definition) is 1. The maximum Gasteiger partial charge on any atom is 0.147 e. The molecular formula is C16H25ClN4. The van der Waals surface area contributed by atoms with E-state index in [0.717, 1.165) is 42.6 Å². The van der Waals surface area contributed by atoms with Crippen molar-refractivity contribution in [2.45, 2.75) is 38.8 Å². The van der Waals surface area contributed by atoms with Gasteiger partial charge in [-0.1, -0.05) is 18.5 Å². The summed E-state index contributed by atoms with van der Waals surface area (Å²) in [6, 6.07) is 2.75. The van der Waals surface area contributed by atoms with Gasteiger partial charge in [0.15, 0.2) is 0 Å². The Hall–Kier alpha value is -0.840. The SMILES string of the molecule is CCNCc1cnc(N2CCCN3CCCC3C2)c(Cl)c1. The van der Waals surface area contributed by atoms with Crippen LogP contribution in [-0.4, -0.2) is 48.6 Å². The molecule has 3 heterocycles. The Labute approximate surface area is 132 Å². The maximum absolute atomic E-state index is 6.49. The van der Waals surface area contributed by atoms with Crippen molar-refractivity contribution in [3.63, 3.8) is 0 Å². The van der Waals surface area contributed by atoms with E-state index >= 15 is 0 Å². The van der Waals surface area contributed by atoms with Gasteiger partial charge < -0.3 is 10.2 Å². The van der Waals surface area contributed by atoms with Crippen molar-refractivity contribution < 1.29 is 0 Å². The van der Waals surface area contributed by atoms with Gasteiger partial charge in [0.05, 0.1) is 5.02 Å². The third-order valence-electron chi connectivity index (χ3n) is 4.56. The monoisotopic (exact) mass is 308 g/mol. The van der Waals surface area contributed by atoms with E-state index in [1.54, 1.807) is 0 Å². The standard InChI is InChI=1S/C16H25ClN4/c1-2-18-10-13-9-15(17)16(19-11-13)21-8-4-7-20-6-3-5-14(20)12-21/h9,11,14,18H,2-8,10,12H2,1H3. The van der Waals surface area contributed by atoms with Gasteiger partial charge in [-0.15, -0.1) is 0 Å². The summed E-state index contributed by atoms with van der Waals surface area (Å²) in [5, 5.41) is 4.10. The Bertz CT molecular complexity index is 479. The summed E-state index contributed by atoms with van der Waals surface area (Å²) in [6.07, 6.45) is 5.81. The van der Waals surface area contributed by atoms with E-state index < -0.39 is 0 Å². The van der Waals surface area contributed by atoms with Crippen molar-refractivity contribution in [2.75, 3.05) is 37.6 Å². The summed E-state index contributed by atoms with van der Waals surface area (Å²) in [4.78, 5) is 9.66. The molecule has 0 saturated carbocycles. The molecule has 1 N–H and O–H groups in total. The highest BCUT2D eigenvalue weighted by Crippen LogP contribution is 2.28. The topological polar surface area (TPSA) is 31.4 Å². The molecule has 116 valence electrons. The number of nitrogens with zero attached hydrogens (tertiary/aromatic N) is 3. The van der Waals surface area contributed by atoms with Crippen molar-refractivity contribution in [1.29, 1.82) is 0 Å². The van der Waals surface area contributed by atoms with Crippen molar-refractivity contribution in [3.05, 3.63) is 22.8 Å². The average molecular weight is 309 g/mol. The summed E-state index contributed by atoms with van der Waals surface area (Å²) >= 11 is 6.49. The number of rotatable bonds is 4. The second-order valence-electron chi connectivity index (χ2n) is 6.06. The lowest BCUT2D eigenvalue weighted by molar-refractivity contribution is 0.273. The lowest BCUT2D eigenvalue weighted by atomic mass is 10.2. The zero-order valence-electron chi connectivity index (χ0n) is 12.8. The molecule has 5 heteroatoms. The molecule has 0 aliphatic carbocycles. The maximum atomic E-state index is 6.49. The molecule has 0 radical (unpaired) electrons. The molecule has 2 aliphatic heterocycles. The van der Waals surface area contributed by atoms with Gasteiger partial charge in [-0.3, -0.25) is 4.90 Å². The molecule has 1 unspecified atom stereocenters. The Kier molecular flexibility index (Phi) is 4.99. The third kappa shape index (κ3) is 3.50. The first-order chi connectivity index (χ1) is 10.3. The van der Waals surface area contributed by atoms with Crippen LogP contribution in [0.3, 0.4) is 0 Å². The molecule has 3 rings (SSSR count). The normalized spacial score (nSPS) is 23.1. The van der Waals surface area contributed by atoms with Crippen molar-refractivity contribution >= 4 is 17.4 Å². The molecular weight excluding hydrogens is 284 g/mol. The minimum atomic E-state index is 0.687. The molecule has 0 spiro atoms. The predicted molar refractivity (Wildman–Crippen MR) is 88.1 cm³/mol. The van der Waals surface area contributed by atoms with Gasteiger partial charge in [-0.05, 0) is 44.0 Å². The number of fused-ring (bicyclic) bond motifs is 1. The fourth-order valence-corrected chi connectivity index (χ4v) is 3.78. The molecule has 0 amide bonds. The van der Waals surface area contributed by atoms with Gasteiger partial charge in [-0.25, -0.2) is 4.98 Å². The number of nitrogens with one attached hydrogen (secondary N) is 1. The average Bonchev–Trinajstić information content (AvgIpc) is 2.83. The van der Waals surface area contributed by atoms with Crippen LogP contribution in [0.5, 0.6) is 0 Å². The number of anilines is 1. The molecule has 2 aliphatic rings. The molecule has 1 atom stereocenters. The fraction of sp³-hybridized carbons (Fsp3) is 0.688. The van der Waals surface area contributed by atoms with Gasteiger partial charge in [0.25, 0.3) is 0 Å². The van der Waals surface area contributed by atoms with E-state index in [-0.39, 0.29) is 0 Å². The van der Waals surface area contributed by atoms with Crippen LogP contribution in [0, 0.1) is 0 Å². The smallest absolute Gasteiger partial charge is 0.147 e. The summed E-state index contributed by atoms with van der Waals surface area (Å²) in [7, 11) is 0. The minimum Gasteiger partial charge on any atom is -0.354 e. The van der Waals surface area contributed by atoms with Crippen LogP contribution in [-0.2, 0) is 6.54 Å². The van der Waals surface area contributed by atoms with Gasteiger partial charge in [-0.2, -0.15) is 0 Å². The molecule has 1 aromatic rings. The second-order valence-corrected chi connectivity index (χ2v) is 6.47. The van der Waals surface area contributed by atoms with E-state index in [2.05, 4.69) is 33.1 Å². The third-order valence-corrected chi connectivity index (χ3v) is 4.84. The van der Waals surface area contributed by atoms with Crippen molar-refractivity contribution in [3.8, 4) is 0 Å². The Morgan fingerprint density at radius 2 is 2.19 bits per heavy atom. The second kappa shape index (κ2) is 6.95. The molecule has 2 fully saturated rings. The highest BCUT2D eigenvalue weighted by molar-refractivity contribution is 6.33. The van der Waals surface area contributed by atoms with E-state index in [0.29, 0.717) is 6.04 Å². The molecule has 0 bridgehead atoms. The fourth-order valence-electron chi connectivity index (χ4n) is 3.47. The van der Waals surface area contributed by atoms with Crippen LogP contribution in [0.2, 0.25) is 5.02 Å². The lowest BCUT2D eigenvalue weighted by Crippen LogP contribution is -2.37. The van der Waals surface area contributed by atoms with Crippen LogP contribution in [0.15, 0.2) is 12.3 Å². The first-order valence-corrected chi connectivity index (χ1v) is 8.50. The first-order valence-electron chi connectivity index (χ1n) is 8.12. The Morgan fingerprint density at radius 1 is 1.33 bits per heavy atom. The quantitative estimate of drug-likeness (QED) is 0.926. The van der Waals surface area contributed by atoms with Crippen molar-refractivity contribution in [1.82, 2.24) is 15.2 Å². The molecule has 1 aromatic heterocycles. The van der Waals surface area contributed by atoms with Gasteiger partial charge in [0.1, 0.15) is 5.82 Å². The zero-order valence-corrected chi connectivity index (χ0v) is 13.6. The lowest BCUT2D eigenvalue weighted by Gasteiger charge is -2.27. The number of pyridine rings is 1. The molecule has 2 saturated heterocycles. The first kappa shape index (κ1) is 15.1. The molecule has 0 aromatic carbocycles. The highest BCUT2D eigenvalue weighted by Gasteiger charge is 2.29. The summed E-state index contributed by atoms with van der Waals surface area (Å²) in [6.45, 7) is 8.51. The Morgan fingerprint density at radius 3 is 3.00 bits per heavy atom. The number of aromatic nitrogens is 1. The van der Waals surface area contributed by atoms with Crippen LogP contribution in [0.1, 0.15) is 31.7 Å². The predicted octanol–water partition coefficient (Wildman–Crippen LogP) is 2.52. The summed E-state index contributed by atoms with van der Waals surface area (Å²) in [5.41, 5.74) is 1.16. The van der Waals surface area contributed by atoms with E-state index in [4.69, 9.17) is 11.6 Å². The van der Waals surface area contributed by atoms with Crippen molar-refractivity contribution in [2.24, 2.45) is 0 Å². The summed E-state index contributed by atoms with van der Waals surface area (Å²) < 4.78 is 0. The summed E-state index contributed by atoms with van der Waals surface area (Å²) in [5.74, 6) is 0.964.